The summed E-state index contributed by atoms with van der Waals surface area (Å²) in [6.07, 6.45) is 2.59. The largest absolute Gasteiger partial charge is 0.382 e. The maximum atomic E-state index is 13.0. The van der Waals surface area contributed by atoms with Crippen molar-refractivity contribution in [3.05, 3.63) is 59.3 Å². The number of aromatic nitrogens is 1. The first-order chi connectivity index (χ1) is 12.8. The second-order valence-corrected chi connectivity index (χ2v) is 8.73. The SMILES string of the molecule is CCC(CNc1cccc2cc[nH]c12)NS(=O)(=O)c1c(C)cc(C)cc1C. The number of para-hydroxylation sites is 1. The first-order valence-corrected chi connectivity index (χ1v) is 10.7. The van der Waals surface area contributed by atoms with E-state index in [9.17, 15) is 8.42 Å². The minimum atomic E-state index is -3.58. The van der Waals surface area contributed by atoms with Crippen molar-refractivity contribution in [2.75, 3.05) is 11.9 Å². The van der Waals surface area contributed by atoms with Gasteiger partial charge in [-0.15, -0.1) is 0 Å². The van der Waals surface area contributed by atoms with E-state index in [0.29, 0.717) is 17.9 Å². The van der Waals surface area contributed by atoms with Crippen LogP contribution in [-0.4, -0.2) is 26.0 Å². The molecule has 1 atom stereocenters. The third-order valence-corrected chi connectivity index (χ3v) is 6.64. The van der Waals surface area contributed by atoms with Crippen LogP contribution in [0.4, 0.5) is 5.69 Å². The number of anilines is 1. The number of hydrogen-bond acceptors (Lipinski definition) is 3. The van der Waals surface area contributed by atoms with E-state index in [1.807, 2.05) is 70.3 Å². The smallest absolute Gasteiger partial charge is 0.241 e. The van der Waals surface area contributed by atoms with Crippen LogP contribution in [0.15, 0.2) is 47.5 Å². The Hall–Kier alpha value is -2.31. The molecule has 0 aliphatic rings. The zero-order chi connectivity index (χ0) is 19.6. The molecule has 0 saturated heterocycles. The zero-order valence-corrected chi connectivity index (χ0v) is 17.1. The molecule has 0 aliphatic heterocycles. The molecule has 1 aromatic heterocycles. The molecule has 0 bridgehead atoms. The topological polar surface area (TPSA) is 74.0 Å². The summed E-state index contributed by atoms with van der Waals surface area (Å²) in [5.41, 5.74) is 4.62. The second-order valence-electron chi connectivity index (χ2n) is 7.08. The van der Waals surface area contributed by atoms with Crippen LogP contribution in [0.3, 0.4) is 0 Å². The molecule has 3 rings (SSSR count). The van der Waals surface area contributed by atoms with Gasteiger partial charge in [0.1, 0.15) is 0 Å². The Morgan fingerprint density at radius 1 is 1.07 bits per heavy atom. The first-order valence-electron chi connectivity index (χ1n) is 9.22. The number of hydrogen-bond donors (Lipinski definition) is 3. The number of rotatable bonds is 7. The van der Waals surface area contributed by atoms with Crippen LogP contribution in [0.1, 0.15) is 30.0 Å². The number of fused-ring (bicyclic) bond motifs is 1. The Kier molecular flexibility index (Phi) is 5.58. The average Bonchev–Trinajstić information content (AvgIpc) is 3.06. The third-order valence-electron chi connectivity index (χ3n) is 4.81. The summed E-state index contributed by atoms with van der Waals surface area (Å²) >= 11 is 0. The standard InChI is InChI=1S/C21H27N3O2S/c1-5-18(13-23-19-8-6-7-17-9-10-22-20(17)19)24-27(25,26)21-15(3)11-14(2)12-16(21)4/h6-12,18,22-24H,5,13H2,1-4H3. The van der Waals surface area contributed by atoms with E-state index in [2.05, 4.69) is 15.0 Å². The van der Waals surface area contributed by atoms with Crippen molar-refractivity contribution in [2.24, 2.45) is 0 Å². The van der Waals surface area contributed by atoms with Gasteiger partial charge in [0, 0.05) is 24.2 Å². The van der Waals surface area contributed by atoms with E-state index < -0.39 is 10.0 Å². The molecule has 2 aromatic carbocycles. The monoisotopic (exact) mass is 385 g/mol. The van der Waals surface area contributed by atoms with Gasteiger partial charge < -0.3 is 10.3 Å². The van der Waals surface area contributed by atoms with Gasteiger partial charge in [-0.25, -0.2) is 13.1 Å². The van der Waals surface area contributed by atoms with Gasteiger partial charge >= 0.3 is 0 Å². The third kappa shape index (κ3) is 4.17. The maximum absolute atomic E-state index is 13.0. The number of aromatic amines is 1. The predicted octanol–water partition coefficient (Wildman–Crippen LogP) is 4.26. The Labute approximate surface area is 161 Å². The molecule has 5 nitrogen and oxygen atoms in total. The molecular weight excluding hydrogens is 358 g/mol. The van der Waals surface area contributed by atoms with Gasteiger partial charge in [0.25, 0.3) is 0 Å². The number of nitrogens with one attached hydrogen (secondary N) is 3. The van der Waals surface area contributed by atoms with E-state index in [4.69, 9.17) is 0 Å². The summed E-state index contributed by atoms with van der Waals surface area (Å²) in [4.78, 5) is 3.61. The lowest BCUT2D eigenvalue weighted by Gasteiger charge is -2.20. The number of benzene rings is 2. The maximum Gasteiger partial charge on any atom is 0.241 e. The Bertz CT molecular complexity index is 1030. The highest BCUT2D eigenvalue weighted by molar-refractivity contribution is 7.89. The van der Waals surface area contributed by atoms with Crippen LogP contribution in [0, 0.1) is 20.8 Å². The van der Waals surface area contributed by atoms with Gasteiger partial charge in [0.15, 0.2) is 0 Å². The molecule has 1 unspecified atom stereocenters. The molecule has 1 heterocycles. The normalized spacial score (nSPS) is 13.0. The molecule has 0 saturated carbocycles. The zero-order valence-electron chi connectivity index (χ0n) is 16.3. The molecule has 0 amide bonds. The van der Waals surface area contributed by atoms with Crippen molar-refractivity contribution in [3.63, 3.8) is 0 Å². The lowest BCUT2D eigenvalue weighted by atomic mass is 10.1. The highest BCUT2D eigenvalue weighted by Crippen LogP contribution is 2.23. The molecule has 6 heteroatoms. The lowest BCUT2D eigenvalue weighted by Crippen LogP contribution is -2.39. The van der Waals surface area contributed by atoms with Crippen molar-refractivity contribution in [1.29, 1.82) is 0 Å². The number of aryl methyl sites for hydroxylation is 3. The Morgan fingerprint density at radius 2 is 1.78 bits per heavy atom. The van der Waals surface area contributed by atoms with E-state index in [1.54, 1.807) is 0 Å². The molecular formula is C21H27N3O2S. The summed E-state index contributed by atoms with van der Waals surface area (Å²) in [7, 11) is -3.58. The summed E-state index contributed by atoms with van der Waals surface area (Å²) in [5.74, 6) is 0. The predicted molar refractivity (Wildman–Crippen MR) is 112 cm³/mol. The van der Waals surface area contributed by atoms with Crippen LogP contribution < -0.4 is 10.0 Å². The number of sulfonamides is 1. The van der Waals surface area contributed by atoms with Crippen molar-refractivity contribution in [1.82, 2.24) is 9.71 Å². The van der Waals surface area contributed by atoms with E-state index in [1.165, 1.54) is 0 Å². The minimum Gasteiger partial charge on any atom is -0.382 e. The van der Waals surface area contributed by atoms with Gasteiger partial charge in [0.2, 0.25) is 10.0 Å². The molecule has 144 valence electrons. The van der Waals surface area contributed by atoms with E-state index >= 15 is 0 Å². The van der Waals surface area contributed by atoms with Crippen molar-refractivity contribution < 1.29 is 8.42 Å². The van der Waals surface area contributed by atoms with Gasteiger partial charge in [-0.2, -0.15) is 0 Å². The van der Waals surface area contributed by atoms with Crippen molar-refractivity contribution in [3.8, 4) is 0 Å². The molecule has 0 fully saturated rings. The van der Waals surface area contributed by atoms with Crippen LogP contribution >= 0.6 is 0 Å². The molecule has 0 aliphatic carbocycles. The molecule has 3 N–H and O–H groups in total. The quantitative estimate of drug-likeness (QED) is 0.569. The van der Waals surface area contributed by atoms with Crippen LogP contribution in [0.2, 0.25) is 0 Å². The number of H-pyrrole nitrogens is 1. The Morgan fingerprint density at radius 3 is 2.44 bits per heavy atom. The van der Waals surface area contributed by atoms with Gasteiger partial charge in [0.05, 0.1) is 16.1 Å². The van der Waals surface area contributed by atoms with Crippen molar-refractivity contribution in [2.45, 2.75) is 45.1 Å². The molecule has 0 radical (unpaired) electrons. The molecule has 3 aromatic rings. The highest BCUT2D eigenvalue weighted by Gasteiger charge is 2.23. The van der Waals surface area contributed by atoms with Crippen LogP contribution in [0.5, 0.6) is 0 Å². The lowest BCUT2D eigenvalue weighted by molar-refractivity contribution is 0.547. The fourth-order valence-corrected chi connectivity index (χ4v) is 5.38. The van der Waals surface area contributed by atoms with Crippen LogP contribution in [-0.2, 0) is 10.0 Å². The fraction of sp³-hybridized carbons (Fsp3) is 0.333. The summed E-state index contributed by atoms with van der Waals surface area (Å²) in [6.45, 7) is 8.17. The second kappa shape index (κ2) is 7.74. The van der Waals surface area contributed by atoms with Gasteiger partial charge in [-0.1, -0.05) is 36.8 Å². The fourth-order valence-electron chi connectivity index (χ4n) is 3.60. The highest BCUT2D eigenvalue weighted by atomic mass is 32.2. The minimum absolute atomic E-state index is 0.208. The van der Waals surface area contributed by atoms with Gasteiger partial charge in [-0.3, -0.25) is 0 Å². The van der Waals surface area contributed by atoms with Crippen molar-refractivity contribution >= 4 is 26.6 Å². The average molecular weight is 386 g/mol. The Balaban J connectivity index is 1.78. The summed E-state index contributed by atoms with van der Waals surface area (Å²) in [5, 5.41) is 4.50. The van der Waals surface area contributed by atoms with Crippen LogP contribution in [0.25, 0.3) is 10.9 Å². The molecule has 0 spiro atoms. The molecule has 27 heavy (non-hydrogen) atoms. The van der Waals surface area contributed by atoms with E-state index in [-0.39, 0.29) is 6.04 Å². The van der Waals surface area contributed by atoms with Gasteiger partial charge in [-0.05, 0) is 50.5 Å². The van der Waals surface area contributed by atoms with E-state index in [0.717, 1.165) is 33.3 Å². The first kappa shape index (κ1) is 19.5. The summed E-state index contributed by atoms with van der Waals surface area (Å²) in [6, 6.07) is 11.7. The summed E-state index contributed by atoms with van der Waals surface area (Å²) < 4.78 is 28.9.